The molecular formula is C23H22Cl2N2O6S2. The highest BCUT2D eigenvalue weighted by Gasteiger charge is 2.24. The molecule has 0 heterocycles. The van der Waals surface area contributed by atoms with E-state index in [1.807, 2.05) is 0 Å². The molecule has 3 aromatic carbocycles. The highest BCUT2D eigenvalue weighted by Crippen LogP contribution is 2.32. The Morgan fingerprint density at radius 2 is 1.29 bits per heavy atom. The second kappa shape index (κ2) is 10.4. The Morgan fingerprint density at radius 1 is 0.800 bits per heavy atom. The van der Waals surface area contributed by atoms with Crippen molar-refractivity contribution >= 4 is 60.6 Å². The minimum Gasteiger partial charge on any atom is -0.462 e. The number of sulfonamides is 2. The molecule has 0 saturated carbocycles. The normalized spacial score (nSPS) is 11.7. The van der Waals surface area contributed by atoms with E-state index < -0.39 is 26.0 Å². The van der Waals surface area contributed by atoms with E-state index in [4.69, 9.17) is 27.9 Å². The van der Waals surface area contributed by atoms with Gasteiger partial charge in [-0.25, -0.2) is 21.6 Å². The van der Waals surface area contributed by atoms with Crippen LogP contribution in [0.4, 0.5) is 11.4 Å². The molecule has 0 spiro atoms. The number of esters is 1. The summed E-state index contributed by atoms with van der Waals surface area (Å²) >= 11 is 12.2. The molecule has 0 aromatic heterocycles. The van der Waals surface area contributed by atoms with Crippen LogP contribution < -0.4 is 9.44 Å². The minimum absolute atomic E-state index is 0.0225. The first kappa shape index (κ1) is 26.8. The summed E-state index contributed by atoms with van der Waals surface area (Å²) in [6.07, 6.45) is 0. The number of ether oxygens (including phenoxy) is 1. The SMILES string of the molecule is CCOC(=O)c1ccc(NS(=O)(=O)c2cccc(Cl)c2C)c(NS(=O)(=O)c2cccc(Cl)c2C)c1. The maximum Gasteiger partial charge on any atom is 0.338 e. The van der Waals surface area contributed by atoms with E-state index in [9.17, 15) is 21.6 Å². The quantitative estimate of drug-likeness (QED) is 0.359. The molecule has 0 aliphatic rings. The van der Waals surface area contributed by atoms with Gasteiger partial charge in [-0.15, -0.1) is 0 Å². The van der Waals surface area contributed by atoms with Gasteiger partial charge < -0.3 is 4.74 Å². The minimum atomic E-state index is -4.22. The first-order valence-corrected chi connectivity index (χ1v) is 14.0. The van der Waals surface area contributed by atoms with E-state index in [-0.39, 0.29) is 43.4 Å². The van der Waals surface area contributed by atoms with Crippen molar-refractivity contribution in [3.05, 3.63) is 81.3 Å². The number of rotatable bonds is 8. The summed E-state index contributed by atoms with van der Waals surface area (Å²) in [5.41, 5.74) is 0.356. The highest BCUT2D eigenvalue weighted by atomic mass is 35.5. The van der Waals surface area contributed by atoms with Gasteiger partial charge in [0.15, 0.2) is 0 Å². The second-order valence-corrected chi connectivity index (χ2v) is 11.5. The Labute approximate surface area is 214 Å². The summed E-state index contributed by atoms with van der Waals surface area (Å²) in [6.45, 7) is 4.81. The third-order valence-corrected chi connectivity index (χ3v) is 8.87. The summed E-state index contributed by atoms with van der Waals surface area (Å²) in [6, 6.07) is 12.6. The lowest BCUT2D eigenvalue weighted by Crippen LogP contribution is -2.19. The van der Waals surface area contributed by atoms with Crippen molar-refractivity contribution in [2.24, 2.45) is 0 Å². The number of anilines is 2. The van der Waals surface area contributed by atoms with Crippen LogP contribution in [-0.4, -0.2) is 29.4 Å². The Balaban J connectivity index is 2.11. The van der Waals surface area contributed by atoms with Gasteiger partial charge in [0.05, 0.1) is 33.3 Å². The molecule has 3 aromatic rings. The summed E-state index contributed by atoms with van der Waals surface area (Å²) in [4.78, 5) is 12.1. The summed E-state index contributed by atoms with van der Waals surface area (Å²) in [5, 5.41) is 0.494. The molecule has 0 saturated heterocycles. The van der Waals surface area contributed by atoms with Crippen LogP contribution in [0.15, 0.2) is 64.4 Å². The molecule has 0 aliphatic heterocycles. The van der Waals surface area contributed by atoms with Crippen molar-refractivity contribution < 1.29 is 26.4 Å². The summed E-state index contributed by atoms with van der Waals surface area (Å²) in [5.74, 6) is -0.702. The zero-order valence-electron chi connectivity index (χ0n) is 18.9. The highest BCUT2D eigenvalue weighted by molar-refractivity contribution is 7.93. The van der Waals surface area contributed by atoms with Gasteiger partial charge in [0.1, 0.15) is 0 Å². The lowest BCUT2D eigenvalue weighted by molar-refractivity contribution is 0.0526. The monoisotopic (exact) mass is 556 g/mol. The molecule has 0 atom stereocenters. The number of benzene rings is 3. The van der Waals surface area contributed by atoms with Gasteiger partial charge >= 0.3 is 5.97 Å². The van der Waals surface area contributed by atoms with Crippen LogP contribution in [0.1, 0.15) is 28.4 Å². The molecule has 0 radical (unpaired) electrons. The average molecular weight is 557 g/mol. The lowest BCUT2D eigenvalue weighted by Gasteiger charge is -2.17. The van der Waals surface area contributed by atoms with Crippen molar-refractivity contribution in [1.29, 1.82) is 0 Å². The van der Waals surface area contributed by atoms with Crippen LogP contribution in [0.25, 0.3) is 0 Å². The molecule has 35 heavy (non-hydrogen) atoms. The molecule has 0 amide bonds. The fraction of sp³-hybridized carbons (Fsp3) is 0.174. The average Bonchev–Trinajstić information content (AvgIpc) is 2.78. The third kappa shape index (κ3) is 5.90. The molecule has 0 aliphatic carbocycles. The van der Waals surface area contributed by atoms with Gasteiger partial charge in [-0.2, -0.15) is 0 Å². The van der Waals surface area contributed by atoms with Crippen LogP contribution in [0.3, 0.4) is 0 Å². The molecule has 12 heteroatoms. The maximum atomic E-state index is 13.2. The topological polar surface area (TPSA) is 119 Å². The van der Waals surface area contributed by atoms with Gasteiger partial charge in [0.2, 0.25) is 0 Å². The Hall–Kier alpha value is -2.79. The van der Waals surface area contributed by atoms with E-state index in [1.54, 1.807) is 26.0 Å². The van der Waals surface area contributed by atoms with Gasteiger partial charge in [-0.1, -0.05) is 35.3 Å². The zero-order valence-corrected chi connectivity index (χ0v) is 22.1. The van der Waals surface area contributed by atoms with Crippen molar-refractivity contribution in [1.82, 2.24) is 0 Å². The van der Waals surface area contributed by atoms with E-state index in [0.29, 0.717) is 11.1 Å². The molecule has 8 nitrogen and oxygen atoms in total. The van der Waals surface area contributed by atoms with Crippen molar-refractivity contribution in [3.8, 4) is 0 Å². The third-order valence-electron chi connectivity index (χ3n) is 5.03. The first-order chi connectivity index (χ1) is 16.4. The van der Waals surface area contributed by atoms with Crippen LogP contribution in [0.2, 0.25) is 10.0 Å². The zero-order chi connectivity index (χ0) is 26.0. The standard InChI is InChI=1S/C23H22Cl2N2O6S2/c1-4-33-23(28)16-11-12-19(26-34(29,30)21-9-5-7-17(24)14(21)2)20(13-16)27-35(31,32)22-10-6-8-18(25)15(22)3/h5-13,26-27H,4H2,1-3H3. The number of nitrogens with one attached hydrogen (secondary N) is 2. The molecule has 2 N–H and O–H groups in total. The fourth-order valence-corrected chi connectivity index (χ4v) is 6.36. The molecule has 0 fully saturated rings. The Bertz CT molecular complexity index is 1510. The molecule has 0 unspecified atom stereocenters. The maximum absolute atomic E-state index is 13.2. The summed E-state index contributed by atoms with van der Waals surface area (Å²) in [7, 11) is -8.40. The van der Waals surface area contributed by atoms with Crippen LogP contribution in [-0.2, 0) is 24.8 Å². The number of halogens is 2. The fourth-order valence-electron chi connectivity index (χ4n) is 3.22. The Kier molecular flexibility index (Phi) is 8.00. The van der Waals surface area contributed by atoms with Crippen LogP contribution >= 0.6 is 23.2 Å². The summed E-state index contributed by atoms with van der Waals surface area (Å²) < 4.78 is 62.4. The van der Waals surface area contributed by atoms with Gasteiger partial charge in [0, 0.05) is 10.0 Å². The van der Waals surface area contributed by atoms with E-state index in [0.717, 1.165) is 0 Å². The largest absolute Gasteiger partial charge is 0.462 e. The smallest absolute Gasteiger partial charge is 0.338 e. The van der Waals surface area contributed by atoms with E-state index in [2.05, 4.69) is 9.44 Å². The van der Waals surface area contributed by atoms with Crippen LogP contribution in [0.5, 0.6) is 0 Å². The van der Waals surface area contributed by atoms with Crippen LogP contribution in [0, 0.1) is 13.8 Å². The number of hydrogen-bond donors (Lipinski definition) is 2. The van der Waals surface area contributed by atoms with E-state index >= 15 is 0 Å². The first-order valence-electron chi connectivity index (χ1n) is 10.2. The molecule has 186 valence electrons. The Morgan fingerprint density at radius 3 is 1.77 bits per heavy atom. The van der Waals surface area contributed by atoms with Gasteiger partial charge in [0.25, 0.3) is 20.0 Å². The number of hydrogen-bond acceptors (Lipinski definition) is 6. The van der Waals surface area contributed by atoms with Crippen molar-refractivity contribution in [3.63, 3.8) is 0 Å². The lowest BCUT2D eigenvalue weighted by atomic mass is 10.2. The molecule has 3 rings (SSSR count). The van der Waals surface area contributed by atoms with Crippen molar-refractivity contribution in [2.75, 3.05) is 16.1 Å². The van der Waals surface area contributed by atoms with Gasteiger partial charge in [-0.05, 0) is 74.4 Å². The number of carbonyl (C=O) groups excluding carboxylic acids is 1. The van der Waals surface area contributed by atoms with Crippen molar-refractivity contribution in [2.45, 2.75) is 30.6 Å². The van der Waals surface area contributed by atoms with Gasteiger partial charge in [-0.3, -0.25) is 9.44 Å². The molecule has 0 bridgehead atoms. The molecular weight excluding hydrogens is 535 g/mol. The van der Waals surface area contributed by atoms with E-state index in [1.165, 1.54) is 49.4 Å². The second-order valence-electron chi connectivity index (χ2n) is 7.42. The predicted octanol–water partition coefficient (Wildman–Crippen LogP) is 5.39. The predicted molar refractivity (Wildman–Crippen MR) is 136 cm³/mol. The number of carbonyl (C=O) groups is 1.